The topological polar surface area (TPSA) is 101 Å². The Morgan fingerprint density at radius 2 is 2.08 bits per heavy atom. The Morgan fingerprint density at radius 1 is 1.31 bits per heavy atom. The first-order chi connectivity index (χ1) is 12.5. The maximum Gasteiger partial charge on any atom is 0.224 e. The van der Waals surface area contributed by atoms with Crippen LogP contribution in [0.2, 0.25) is 0 Å². The van der Waals surface area contributed by atoms with Crippen LogP contribution in [0, 0.1) is 5.82 Å². The van der Waals surface area contributed by atoms with Gasteiger partial charge in [0, 0.05) is 19.6 Å². The molecule has 0 amide bonds. The van der Waals surface area contributed by atoms with Crippen LogP contribution in [0.1, 0.15) is 33.5 Å². The van der Waals surface area contributed by atoms with Crippen LogP contribution in [0.25, 0.3) is 5.76 Å². The number of aliphatic hydroxyl groups excluding tert-OH is 1. The van der Waals surface area contributed by atoms with E-state index in [-0.39, 0.29) is 29.8 Å². The molecule has 0 unspecified atom stereocenters. The molecule has 2 N–H and O–H groups in total. The van der Waals surface area contributed by atoms with Crippen LogP contribution in [0.15, 0.2) is 46.9 Å². The average Bonchev–Trinajstić information content (AvgIpc) is 3.27. The van der Waals surface area contributed by atoms with Gasteiger partial charge in [-0.1, -0.05) is 12.1 Å². The van der Waals surface area contributed by atoms with Gasteiger partial charge in [0.05, 0.1) is 0 Å². The molecule has 0 bridgehead atoms. The lowest BCUT2D eigenvalue weighted by Gasteiger charge is -1.98. The first-order valence-electron chi connectivity index (χ1n) is 7.74. The summed E-state index contributed by atoms with van der Waals surface area (Å²) in [6, 6.07) is 9.18. The monoisotopic (exact) mass is 357 g/mol. The van der Waals surface area contributed by atoms with Gasteiger partial charge in [-0.3, -0.25) is 9.89 Å². The summed E-state index contributed by atoms with van der Waals surface area (Å²) in [4.78, 5) is 16.2. The standard InChI is InChI=1S/C18H16FN3O4/c1-25-10-17-20-18(22-21-17)15(24)9-14(23)16-7-6-13(26-16)8-11-2-4-12(19)5-3-11/h2-7,9,24H,8,10H2,1H3,(H,20,21,22)/b15-9-. The zero-order valence-corrected chi connectivity index (χ0v) is 13.9. The third-order valence-electron chi connectivity index (χ3n) is 3.51. The molecule has 0 saturated heterocycles. The molecule has 2 aromatic heterocycles. The summed E-state index contributed by atoms with van der Waals surface area (Å²) in [7, 11) is 1.50. The lowest BCUT2D eigenvalue weighted by atomic mass is 10.1. The first-order valence-corrected chi connectivity index (χ1v) is 7.74. The normalized spacial score (nSPS) is 11.7. The maximum absolute atomic E-state index is 12.9. The molecule has 0 aliphatic carbocycles. The molecular formula is C18H16FN3O4. The Bertz CT molecular complexity index is 928. The van der Waals surface area contributed by atoms with E-state index in [1.54, 1.807) is 18.2 Å². The SMILES string of the molecule is COCc1nc(/C(O)=C/C(=O)c2ccc(Cc3ccc(F)cc3)o2)n[nH]1. The van der Waals surface area contributed by atoms with Crippen molar-refractivity contribution in [2.75, 3.05) is 7.11 Å². The number of furan rings is 1. The molecule has 0 radical (unpaired) electrons. The quantitative estimate of drug-likeness (QED) is 0.383. The highest BCUT2D eigenvalue weighted by atomic mass is 19.1. The highest BCUT2D eigenvalue weighted by molar-refractivity contribution is 6.05. The molecule has 1 aromatic carbocycles. The minimum absolute atomic E-state index is 0.0107. The lowest BCUT2D eigenvalue weighted by Crippen LogP contribution is -1.96. The van der Waals surface area contributed by atoms with E-state index < -0.39 is 5.78 Å². The van der Waals surface area contributed by atoms with Gasteiger partial charge in [-0.25, -0.2) is 9.37 Å². The van der Waals surface area contributed by atoms with E-state index in [9.17, 15) is 14.3 Å². The number of methoxy groups -OCH3 is 1. The van der Waals surface area contributed by atoms with Gasteiger partial charge < -0.3 is 14.3 Å². The molecule has 8 heteroatoms. The van der Waals surface area contributed by atoms with Crippen molar-refractivity contribution in [3.05, 3.63) is 77.0 Å². The number of nitrogens with zero attached hydrogens (tertiary/aromatic N) is 2. The van der Waals surface area contributed by atoms with E-state index in [1.165, 1.54) is 25.3 Å². The molecule has 134 valence electrons. The van der Waals surface area contributed by atoms with E-state index in [0.717, 1.165) is 11.6 Å². The Hall–Kier alpha value is -3.26. The van der Waals surface area contributed by atoms with Gasteiger partial charge in [-0.15, -0.1) is 5.10 Å². The number of hydrogen-bond acceptors (Lipinski definition) is 6. The number of allylic oxidation sites excluding steroid dienone is 1. The van der Waals surface area contributed by atoms with Gasteiger partial charge in [0.1, 0.15) is 18.2 Å². The van der Waals surface area contributed by atoms with Crippen LogP contribution in [0.5, 0.6) is 0 Å². The summed E-state index contributed by atoms with van der Waals surface area (Å²) in [5.41, 5.74) is 0.851. The van der Waals surface area contributed by atoms with Gasteiger partial charge in [0.2, 0.25) is 11.6 Å². The highest BCUT2D eigenvalue weighted by Crippen LogP contribution is 2.16. The molecular weight excluding hydrogens is 341 g/mol. The van der Waals surface area contributed by atoms with Crippen LogP contribution >= 0.6 is 0 Å². The van der Waals surface area contributed by atoms with Crippen LogP contribution in [-0.4, -0.2) is 33.2 Å². The van der Waals surface area contributed by atoms with Gasteiger partial charge in [-0.05, 0) is 29.8 Å². The van der Waals surface area contributed by atoms with Gasteiger partial charge in [0.25, 0.3) is 0 Å². The van der Waals surface area contributed by atoms with Gasteiger partial charge in [-0.2, -0.15) is 0 Å². The molecule has 0 saturated carbocycles. The number of carbonyl (C=O) groups is 1. The molecule has 0 fully saturated rings. The second kappa shape index (κ2) is 7.75. The summed E-state index contributed by atoms with van der Waals surface area (Å²) in [6.45, 7) is 0.207. The zero-order valence-electron chi connectivity index (χ0n) is 13.9. The Labute approximate surface area is 148 Å². The van der Waals surface area contributed by atoms with E-state index in [1.807, 2.05) is 0 Å². The fraction of sp³-hybridized carbons (Fsp3) is 0.167. The van der Waals surface area contributed by atoms with E-state index >= 15 is 0 Å². The third-order valence-corrected chi connectivity index (χ3v) is 3.51. The average molecular weight is 357 g/mol. The smallest absolute Gasteiger partial charge is 0.224 e. The summed E-state index contributed by atoms with van der Waals surface area (Å²) >= 11 is 0. The number of ketones is 1. The van der Waals surface area contributed by atoms with Crippen molar-refractivity contribution in [2.45, 2.75) is 13.0 Å². The van der Waals surface area contributed by atoms with E-state index in [4.69, 9.17) is 9.15 Å². The second-order valence-electron chi connectivity index (χ2n) is 5.50. The predicted octanol–water partition coefficient (Wildman–Crippen LogP) is 3.06. The second-order valence-corrected chi connectivity index (χ2v) is 5.50. The molecule has 26 heavy (non-hydrogen) atoms. The predicted molar refractivity (Wildman–Crippen MR) is 89.9 cm³/mol. The van der Waals surface area contributed by atoms with Crippen LogP contribution in [0.3, 0.4) is 0 Å². The number of aliphatic hydroxyl groups is 1. The molecule has 3 rings (SSSR count). The number of rotatable bonds is 7. The molecule has 0 aliphatic rings. The van der Waals surface area contributed by atoms with Crippen molar-refractivity contribution in [2.24, 2.45) is 0 Å². The van der Waals surface area contributed by atoms with E-state index in [0.29, 0.717) is 18.0 Å². The first kappa shape index (κ1) is 17.6. The van der Waals surface area contributed by atoms with Crippen molar-refractivity contribution < 1.29 is 23.4 Å². The highest BCUT2D eigenvalue weighted by Gasteiger charge is 2.14. The number of nitrogens with one attached hydrogen (secondary N) is 1. The summed E-state index contributed by atoms with van der Waals surface area (Å²) in [5.74, 6) is -0.186. The van der Waals surface area contributed by atoms with Gasteiger partial charge in [0.15, 0.2) is 17.3 Å². The molecule has 7 nitrogen and oxygen atoms in total. The molecule has 0 spiro atoms. The lowest BCUT2D eigenvalue weighted by molar-refractivity contribution is 0.101. The van der Waals surface area contributed by atoms with Crippen molar-refractivity contribution in [3.8, 4) is 0 Å². The zero-order chi connectivity index (χ0) is 18.5. The number of aromatic amines is 1. The van der Waals surface area contributed by atoms with Crippen LogP contribution < -0.4 is 0 Å². The summed E-state index contributed by atoms with van der Waals surface area (Å²) in [5, 5.41) is 16.4. The molecule has 0 atom stereocenters. The Kier molecular flexibility index (Phi) is 5.23. The summed E-state index contributed by atoms with van der Waals surface area (Å²) < 4.78 is 23.3. The minimum Gasteiger partial charge on any atom is -0.504 e. The fourth-order valence-electron chi connectivity index (χ4n) is 2.28. The maximum atomic E-state index is 12.9. The summed E-state index contributed by atoms with van der Waals surface area (Å²) in [6.07, 6.45) is 1.41. The minimum atomic E-state index is -0.522. The molecule has 3 aromatic rings. The van der Waals surface area contributed by atoms with Crippen LogP contribution in [0.4, 0.5) is 4.39 Å². The number of halogens is 1. The Morgan fingerprint density at radius 3 is 2.81 bits per heavy atom. The number of ether oxygens (including phenoxy) is 1. The molecule has 0 aliphatic heterocycles. The number of benzene rings is 1. The largest absolute Gasteiger partial charge is 0.504 e. The fourth-order valence-corrected chi connectivity index (χ4v) is 2.28. The Balaban J connectivity index is 1.69. The van der Waals surface area contributed by atoms with Crippen LogP contribution in [-0.2, 0) is 17.8 Å². The number of H-pyrrole nitrogens is 1. The van der Waals surface area contributed by atoms with Crippen molar-refractivity contribution in [1.82, 2.24) is 15.2 Å². The number of aromatic nitrogens is 3. The molecule has 2 heterocycles. The number of carbonyl (C=O) groups excluding carboxylic acids is 1. The third kappa shape index (κ3) is 4.22. The van der Waals surface area contributed by atoms with E-state index in [2.05, 4.69) is 15.2 Å². The van der Waals surface area contributed by atoms with Crippen molar-refractivity contribution >= 4 is 11.5 Å². The van der Waals surface area contributed by atoms with Gasteiger partial charge >= 0.3 is 0 Å². The van der Waals surface area contributed by atoms with Crippen molar-refractivity contribution in [3.63, 3.8) is 0 Å². The van der Waals surface area contributed by atoms with Crippen molar-refractivity contribution in [1.29, 1.82) is 0 Å². The number of hydrogen-bond donors (Lipinski definition) is 2.